The van der Waals surface area contributed by atoms with Crippen LogP contribution in [0.2, 0.25) is 10.0 Å². The van der Waals surface area contributed by atoms with Crippen LogP contribution in [0, 0.1) is 0 Å². The molecule has 12 heteroatoms. The van der Waals surface area contributed by atoms with Crippen molar-refractivity contribution in [2.45, 2.75) is 24.2 Å². The first-order valence-corrected chi connectivity index (χ1v) is 13.8. The number of halogens is 2. The van der Waals surface area contributed by atoms with Gasteiger partial charge in [-0.15, -0.1) is 0 Å². The maximum absolute atomic E-state index is 12.7. The van der Waals surface area contributed by atoms with Gasteiger partial charge in [-0.1, -0.05) is 29.6 Å². The number of rotatable bonds is 7. The molecule has 1 amide bonds. The van der Waals surface area contributed by atoms with E-state index in [0.717, 1.165) is 29.8 Å². The van der Waals surface area contributed by atoms with E-state index in [0.29, 0.717) is 18.8 Å². The lowest BCUT2D eigenvalue weighted by Crippen LogP contribution is -2.37. The van der Waals surface area contributed by atoms with Gasteiger partial charge in [0.05, 0.1) is 16.8 Å². The molecular weight excluding hydrogens is 497 g/mol. The number of nitrogens with zero attached hydrogens (tertiary/aromatic N) is 2. The zero-order valence-electron chi connectivity index (χ0n) is 17.3. The number of amides is 1. The number of carbonyl (C=O) groups is 1. The van der Waals surface area contributed by atoms with Crippen LogP contribution in [0.3, 0.4) is 0 Å². The normalized spacial score (nSPS) is 15.3. The van der Waals surface area contributed by atoms with E-state index in [9.17, 15) is 21.6 Å². The fraction of sp³-hybridized carbons (Fsp3) is 0.350. The monoisotopic (exact) mass is 519 g/mol. The summed E-state index contributed by atoms with van der Waals surface area (Å²) in [7, 11) is -7.39. The summed E-state index contributed by atoms with van der Waals surface area (Å²) >= 11 is 11.9. The fourth-order valence-electron chi connectivity index (χ4n) is 3.38. The number of carbonyl (C=O) groups excluding carboxylic acids is 1. The van der Waals surface area contributed by atoms with E-state index in [1.807, 2.05) is 0 Å². The molecule has 8 nitrogen and oxygen atoms in total. The van der Waals surface area contributed by atoms with Gasteiger partial charge < -0.3 is 5.32 Å². The van der Waals surface area contributed by atoms with Crippen LogP contribution < -0.4 is 9.62 Å². The minimum Gasteiger partial charge on any atom is -0.325 e. The Labute approximate surface area is 198 Å². The Kier molecular flexibility index (Phi) is 7.72. The van der Waals surface area contributed by atoms with E-state index in [1.165, 1.54) is 46.8 Å². The molecule has 1 heterocycles. The van der Waals surface area contributed by atoms with Crippen LogP contribution in [-0.4, -0.2) is 52.9 Å². The molecule has 2 aromatic carbocycles. The summed E-state index contributed by atoms with van der Waals surface area (Å²) in [6.45, 7) is 0.481. The van der Waals surface area contributed by atoms with Crippen molar-refractivity contribution in [3.8, 4) is 0 Å². The van der Waals surface area contributed by atoms with Gasteiger partial charge in [0.15, 0.2) is 0 Å². The summed E-state index contributed by atoms with van der Waals surface area (Å²) in [5.74, 6) is -0.613. The van der Waals surface area contributed by atoms with Crippen LogP contribution in [0.15, 0.2) is 47.4 Å². The van der Waals surface area contributed by atoms with Crippen molar-refractivity contribution in [2.24, 2.45) is 0 Å². The molecule has 32 heavy (non-hydrogen) atoms. The van der Waals surface area contributed by atoms with Crippen molar-refractivity contribution >= 4 is 60.5 Å². The fourth-order valence-corrected chi connectivity index (χ4v) is 6.25. The summed E-state index contributed by atoms with van der Waals surface area (Å²) < 4.78 is 52.3. The Bertz CT molecular complexity index is 1180. The lowest BCUT2D eigenvalue weighted by atomic mass is 10.2. The quantitative estimate of drug-likeness (QED) is 0.601. The zero-order valence-corrected chi connectivity index (χ0v) is 20.4. The average molecular weight is 520 g/mol. The van der Waals surface area contributed by atoms with Crippen LogP contribution in [0.5, 0.6) is 0 Å². The van der Waals surface area contributed by atoms with Crippen LogP contribution in [0.1, 0.15) is 19.3 Å². The van der Waals surface area contributed by atoms with Gasteiger partial charge in [-0.2, -0.15) is 4.31 Å². The highest BCUT2D eigenvalue weighted by Crippen LogP contribution is 2.27. The molecule has 2 aromatic rings. The molecule has 0 bridgehead atoms. The molecule has 0 aliphatic carbocycles. The van der Waals surface area contributed by atoms with Gasteiger partial charge in [0.1, 0.15) is 6.54 Å². The molecule has 0 saturated carbocycles. The minimum atomic E-state index is -3.81. The topological polar surface area (TPSA) is 104 Å². The molecule has 0 aromatic heterocycles. The molecule has 1 aliphatic rings. The Morgan fingerprint density at radius 2 is 1.53 bits per heavy atom. The highest BCUT2D eigenvalue weighted by molar-refractivity contribution is 7.92. The maximum atomic E-state index is 12.7. The predicted octanol–water partition coefficient (Wildman–Crippen LogP) is 3.57. The van der Waals surface area contributed by atoms with Gasteiger partial charge in [0.25, 0.3) is 0 Å². The first-order valence-electron chi connectivity index (χ1n) is 9.81. The summed E-state index contributed by atoms with van der Waals surface area (Å²) in [6, 6.07) is 10.0. The van der Waals surface area contributed by atoms with Gasteiger partial charge in [0.2, 0.25) is 26.0 Å². The second-order valence-corrected chi connectivity index (χ2v) is 12.2. The maximum Gasteiger partial charge on any atom is 0.245 e. The molecule has 174 valence electrons. The Morgan fingerprint density at radius 1 is 0.969 bits per heavy atom. The number of anilines is 2. The lowest BCUT2D eigenvalue weighted by Gasteiger charge is -2.26. The zero-order chi connectivity index (χ0) is 23.5. The van der Waals surface area contributed by atoms with Crippen LogP contribution in [-0.2, 0) is 24.8 Å². The third-order valence-corrected chi connectivity index (χ3v) is 8.40. The van der Waals surface area contributed by atoms with Gasteiger partial charge in [-0.25, -0.2) is 16.8 Å². The van der Waals surface area contributed by atoms with Crippen molar-refractivity contribution in [3.05, 3.63) is 52.5 Å². The number of hydrogen-bond acceptors (Lipinski definition) is 5. The highest BCUT2D eigenvalue weighted by atomic mass is 35.5. The SMILES string of the molecule is CS(=O)(=O)N(CC(=O)Nc1ccc(S(=O)(=O)N2CCCCC2)cc1)c1cc(Cl)cc(Cl)c1. The number of nitrogens with one attached hydrogen (secondary N) is 1. The standard InChI is InChI=1S/C20H23Cl2N3O5S2/c1-31(27,28)25(18-12-15(21)11-16(22)13-18)14-20(26)23-17-5-7-19(8-6-17)32(29,30)24-9-3-2-4-10-24/h5-8,11-13H,2-4,9-10,14H2,1H3,(H,23,26). The molecule has 0 unspecified atom stereocenters. The van der Waals surface area contributed by atoms with E-state index in [4.69, 9.17) is 23.2 Å². The smallest absolute Gasteiger partial charge is 0.245 e. The number of sulfonamides is 2. The molecular formula is C20H23Cl2N3O5S2. The first-order chi connectivity index (χ1) is 15.0. The van der Waals surface area contributed by atoms with Crippen LogP contribution in [0.4, 0.5) is 11.4 Å². The van der Waals surface area contributed by atoms with Crippen molar-refractivity contribution in [3.63, 3.8) is 0 Å². The third kappa shape index (κ3) is 6.14. The second-order valence-electron chi connectivity index (χ2n) is 7.43. The Hall–Kier alpha value is -1.85. The summed E-state index contributed by atoms with van der Waals surface area (Å²) in [5.41, 5.74) is 0.494. The van der Waals surface area contributed by atoms with Gasteiger partial charge >= 0.3 is 0 Å². The molecule has 1 saturated heterocycles. The molecule has 3 rings (SSSR count). The number of benzene rings is 2. The molecule has 1 fully saturated rings. The van der Waals surface area contributed by atoms with E-state index in [-0.39, 0.29) is 20.6 Å². The Morgan fingerprint density at radius 3 is 2.06 bits per heavy atom. The van der Waals surface area contributed by atoms with Gasteiger partial charge in [-0.3, -0.25) is 9.10 Å². The van der Waals surface area contributed by atoms with Crippen molar-refractivity contribution < 1.29 is 21.6 Å². The largest absolute Gasteiger partial charge is 0.325 e. The van der Waals surface area contributed by atoms with Crippen molar-refractivity contribution in [1.29, 1.82) is 0 Å². The van der Waals surface area contributed by atoms with Gasteiger partial charge in [-0.05, 0) is 55.3 Å². The predicted molar refractivity (Wildman–Crippen MR) is 126 cm³/mol. The molecule has 0 atom stereocenters. The Balaban J connectivity index is 1.73. The second kappa shape index (κ2) is 9.96. The lowest BCUT2D eigenvalue weighted by molar-refractivity contribution is -0.114. The summed E-state index contributed by atoms with van der Waals surface area (Å²) in [4.78, 5) is 12.7. The number of hydrogen-bond donors (Lipinski definition) is 1. The molecule has 0 spiro atoms. The third-order valence-electron chi connectivity index (χ3n) is 4.91. The van der Waals surface area contributed by atoms with Crippen molar-refractivity contribution in [2.75, 3.05) is 35.5 Å². The number of piperidine rings is 1. The minimum absolute atomic E-state index is 0.142. The van der Waals surface area contributed by atoms with E-state index in [2.05, 4.69) is 5.32 Å². The summed E-state index contributed by atoms with van der Waals surface area (Å²) in [6.07, 6.45) is 3.66. The van der Waals surface area contributed by atoms with Crippen molar-refractivity contribution in [1.82, 2.24) is 4.31 Å². The van der Waals surface area contributed by atoms with Crippen LogP contribution >= 0.6 is 23.2 Å². The first kappa shape index (κ1) is 24.8. The summed E-state index contributed by atoms with van der Waals surface area (Å²) in [5, 5.41) is 3.04. The van der Waals surface area contributed by atoms with Crippen LogP contribution in [0.25, 0.3) is 0 Å². The highest BCUT2D eigenvalue weighted by Gasteiger charge is 2.26. The van der Waals surface area contributed by atoms with E-state index < -0.39 is 32.5 Å². The molecule has 1 N–H and O–H groups in total. The van der Waals surface area contributed by atoms with E-state index in [1.54, 1.807) is 0 Å². The molecule has 1 aliphatic heterocycles. The molecule has 0 radical (unpaired) electrons. The van der Waals surface area contributed by atoms with Gasteiger partial charge in [0, 0.05) is 28.8 Å². The van der Waals surface area contributed by atoms with E-state index >= 15 is 0 Å². The average Bonchev–Trinajstić information content (AvgIpc) is 2.71.